The van der Waals surface area contributed by atoms with Crippen molar-refractivity contribution >= 4 is 39.9 Å². The molecule has 2 N–H and O–H groups in total. The van der Waals surface area contributed by atoms with Gasteiger partial charge in [0.2, 0.25) is 0 Å². The first-order chi connectivity index (χ1) is 17.7. The molecule has 10 heteroatoms. The molecular weight excluding hydrogens is 496 g/mol. The molecule has 3 aromatic rings. The Balaban J connectivity index is 1.89. The van der Waals surface area contributed by atoms with Crippen LogP contribution in [0.1, 0.15) is 38.1 Å². The first-order valence-corrected chi connectivity index (χ1v) is 12.0. The van der Waals surface area contributed by atoms with Crippen molar-refractivity contribution in [3.05, 3.63) is 88.0 Å². The van der Waals surface area contributed by atoms with E-state index in [-0.39, 0.29) is 33.7 Å². The maximum Gasteiger partial charge on any atom is 0.350 e. The number of carbonyl (C=O) groups excluding carboxylic acids is 3. The van der Waals surface area contributed by atoms with Gasteiger partial charge in [0.15, 0.2) is 5.13 Å². The average molecular weight is 521 g/mol. The van der Waals surface area contributed by atoms with Crippen LogP contribution in [0.25, 0.3) is 5.76 Å². The number of rotatable bonds is 7. The van der Waals surface area contributed by atoms with Crippen LogP contribution in [0, 0.1) is 13.8 Å². The van der Waals surface area contributed by atoms with Crippen molar-refractivity contribution in [2.24, 2.45) is 0 Å². The Kier molecular flexibility index (Phi) is 7.12. The lowest BCUT2D eigenvalue weighted by molar-refractivity contribution is -0.132. The van der Waals surface area contributed by atoms with E-state index in [0.717, 1.165) is 16.2 Å². The minimum absolute atomic E-state index is 0.00470. The zero-order valence-corrected chi connectivity index (χ0v) is 21.2. The molecule has 0 aliphatic carbocycles. The second-order valence-electron chi connectivity index (χ2n) is 8.24. The number of ketones is 1. The van der Waals surface area contributed by atoms with Crippen molar-refractivity contribution in [2.75, 3.05) is 18.6 Å². The number of amides is 1. The van der Waals surface area contributed by atoms with E-state index in [1.165, 1.54) is 25.3 Å². The van der Waals surface area contributed by atoms with Gasteiger partial charge in [0.05, 0.1) is 24.4 Å². The summed E-state index contributed by atoms with van der Waals surface area (Å²) in [6, 6.07) is 9.81. The van der Waals surface area contributed by atoms with Gasteiger partial charge < -0.3 is 19.7 Å². The Morgan fingerprint density at radius 2 is 1.89 bits per heavy atom. The summed E-state index contributed by atoms with van der Waals surface area (Å²) in [5.74, 6) is -2.26. The molecule has 1 aliphatic heterocycles. The van der Waals surface area contributed by atoms with Crippen LogP contribution in [-0.2, 0) is 14.3 Å². The molecule has 1 fully saturated rings. The number of hydrogen-bond donors (Lipinski definition) is 2. The zero-order chi connectivity index (χ0) is 26.9. The highest BCUT2D eigenvalue weighted by Crippen LogP contribution is 2.44. The molecule has 0 bridgehead atoms. The molecule has 0 unspecified atom stereocenters. The average Bonchev–Trinajstić information content (AvgIpc) is 3.39. The summed E-state index contributed by atoms with van der Waals surface area (Å²) in [5.41, 5.74) is 1.61. The Hall–Kier alpha value is -4.44. The van der Waals surface area contributed by atoms with Crippen LogP contribution < -0.4 is 9.64 Å². The summed E-state index contributed by atoms with van der Waals surface area (Å²) < 4.78 is 10.3. The van der Waals surface area contributed by atoms with E-state index in [9.17, 15) is 24.6 Å². The van der Waals surface area contributed by atoms with Crippen LogP contribution in [0.3, 0.4) is 0 Å². The lowest BCUT2D eigenvalue weighted by Gasteiger charge is -2.23. The molecule has 2 heterocycles. The molecule has 1 atom stereocenters. The molecule has 1 saturated heterocycles. The highest BCUT2D eigenvalue weighted by molar-refractivity contribution is 7.17. The monoisotopic (exact) mass is 520 g/mol. The van der Waals surface area contributed by atoms with E-state index in [0.29, 0.717) is 28.1 Å². The van der Waals surface area contributed by atoms with Gasteiger partial charge in [-0.2, -0.15) is 0 Å². The van der Waals surface area contributed by atoms with Gasteiger partial charge in [0, 0.05) is 5.56 Å². The van der Waals surface area contributed by atoms with Gasteiger partial charge in [-0.3, -0.25) is 14.5 Å². The van der Waals surface area contributed by atoms with Crippen molar-refractivity contribution in [2.45, 2.75) is 19.9 Å². The molecule has 1 aliphatic rings. The number of esters is 1. The maximum atomic E-state index is 13.3. The van der Waals surface area contributed by atoms with Crippen molar-refractivity contribution in [1.29, 1.82) is 0 Å². The molecule has 2 aromatic carbocycles. The molecule has 9 nitrogen and oxygen atoms in total. The van der Waals surface area contributed by atoms with Crippen molar-refractivity contribution in [3.8, 4) is 11.5 Å². The molecule has 0 saturated carbocycles. The van der Waals surface area contributed by atoms with Gasteiger partial charge in [0.25, 0.3) is 5.78 Å². The summed E-state index contributed by atoms with van der Waals surface area (Å²) >= 11 is 0.903. The third-order valence-electron chi connectivity index (χ3n) is 5.85. The van der Waals surface area contributed by atoms with Gasteiger partial charge >= 0.3 is 11.9 Å². The van der Waals surface area contributed by atoms with E-state index in [1.54, 1.807) is 44.2 Å². The van der Waals surface area contributed by atoms with Crippen LogP contribution in [0.2, 0.25) is 0 Å². The van der Waals surface area contributed by atoms with Crippen molar-refractivity contribution in [3.63, 3.8) is 0 Å². The van der Waals surface area contributed by atoms with E-state index < -0.39 is 23.7 Å². The number of thiazole rings is 1. The van der Waals surface area contributed by atoms with E-state index >= 15 is 0 Å². The lowest BCUT2D eigenvalue weighted by Crippen LogP contribution is -2.29. The second kappa shape index (κ2) is 10.3. The normalized spacial score (nSPS) is 16.6. The summed E-state index contributed by atoms with van der Waals surface area (Å²) in [5, 5.41) is 21.2. The molecule has 0 radical (unpaired) electrons. The number of hydrogen-bond acceptors (Lipinski definition) is 9. The van der Waals surface area contributed by atoms with E-state index in [4.69, 9.17) is 9.47 Å². The highest BCUT2D eigenvalue weighted by atomic mass is 32.1. The number of nitrogens with zero attached hydrogens (tertiary/aromatic N) is 2. The number of aromatic hydroxyl groups is 1. The molecule has 1 aromatic heterocycles. The summed E-state index contributed by atoms with van der Waals surface area (Å²) in [7, 11) is 1.52. The molecule has 37 heavy (non-hydrogen) atoms. The molecule has 190 valence electrons. The number of Topliss-reactive ketones (excluding diaryl/α,β-unsaturated/α-hetero) is 1. The number of anilines is 1. The molecular formula is C27H24N2O7S. The Bertz CT molecular complexity index is 1440. The Morgan fingerprint density at radius 1 is 1.19 bits per heavy atom. The number of methoxy groups -OCH3 is 1. The number of aliphatic hydroxyl groups excluding tert-OH is 1. The van der Waals surface area contributed by atoms with Crippen LogP contribution in [0.15, 0.2) is 60.7 Å². The van der Waals surface area contributed by atoms with E-state index in [1.807, 2.05) is 0 Å². The van der Waals surface area contributed by atoms with Crippen LogP contribution in [0.4, 0.5) is 5.13 Å². The lowest BCUT2D eigenvalue weighted by atomic mass is 9.94. The van der Waals surface area contributed by atoms with Crippen molar-refractivity contribution < 1.29 is 34.1 Å². The molecule has 0 spiro atoms. The number of phenolic OH excluding ortho intramolecular Hbond substituents is 1. The minimum atomic E-state index is -1.07. The largest absolute Gasteiger partial charge is 0.508 e. The highest BCUT2D eigenvalue weighted by Gasteiger charge is 2.48. The van der Waals surface area contributed by atoms with E-state index in [2.05, 4.69) is 11.6 Å². The van der Waals surface area contributed by atoms with Crippen molar-refractivity contribution in [1.82, 2.24) is 4.98 Å². The van der Waals surface area contributed by atoms with Gasteiger partial charge in [-0.25, -0.2) is 9.78 Å². The SMILES string of the molecule is C=CCOC(=O)c1sc(N2C(=O)C(=O)/C(=C(/O)c3ccc(OC)cc3C)[C@H]2c2ccc(O)cc2)nc1C. The zero-order valence-electron chi connectivity index (χ0n) is 20.3. The smallest absolute Gasteiger partial charge is 0.350 e. The number of aryl methyl sites for hydroxylation is 2. The third-order valence-corrected chi connectivity index (χ3v) is 6.99. The fraction of sp³-hybridized carbons (Fsp3) is 0.185. The van der Waals surface area contributed by atoms with Gasteiger partial charge in [-0.05, 0) is 55.3 Å². The van der Waals surface area contributed by atoms with Crippen LogP contribution in [-0.4, -0.2) is 46.6 Å². The summed E-state index contributed by atoms with van der Waals surface area (Å²) in [6.07, 6.45) is 1.43. The first kappa shape index (κ1) is 25.6. The standard InChI is InChI=1S/C27H24N2O7S/c1-5-12-36-26(34)24-15(3)28-27(37-24)29-21(16-6-8-17(30)9-7-16)20(23(32)25(29)33)22(31)19-11-10-18(35-4)13-14(19)2/h5-11,13,21,30-31H,1,12H2,2-4H3/b22-20+/t21-/m1/s1. The van der Waals surface area contributed by atoms with Gasteiger partial charge in [-0.1, -0.05) is 36.1 Å². The van der Waals surface area contributed by atoms with Crippen LogP contribution >= 0.6 is 11.3 Å². The summed E-state index contributed by atoms with van der Waals surface area (Å²) in [4.78, 5) is 44.9. The minimum Gasteiger partial charge on any atom is -0.508 e. The Labute approximate surface area is 216 Å². The third kappa shape index (κ3) is 4.70. The van der Waals surface area contributed by atoms with Gasteiger partial charge in [-0.15, -0.1) is 0 Å². The number of aromatic nitrogens is 1. The predicted octanol–water partition coefficient (Wildman–Crippen LogP) is 4.44. The maximum absolute atomic E-state index is 13.3. The number of aliphatic hydroxyl groups is 1. The topological polar surface area (TPSA) is 126 Å². The fourth-order valence-corrected chi connectivity index (χ4v) is 5.04. The number of carbonyl (C=O) groups is 3. The quantitative estimate of drug-likeness (QED) is 0.154. The number of benzene rings is 2. The predicted molar refractivity (Wildman–Crippen MR) is 138 cm³/mol. The first-order valence-electron chi connectivity index (χ1n) is 11.2. The summed E-state index contributed by atoms with van der Waals surface area (Å²) in [6.45, 7) is 6.86. The number of ether oxygens (including phenoxy) is 2. The number of phenols is 1. The second-order valence-corrected chi connectivity index (χ2v) is 9.22. The molecule has 4 rings (SSSR count). The fourth-order valence-electron chi connectivity index (χ4n) is 4.05. The molecule has 1 amide bonds. The van der Waals surface area contributed by atoms with Crippen LogP contribution in [0.5, 0.6) is 11.5 Å². The van der Waals surface area contributed by atoms with Gasteiger partial charge in [0.1, 0.15) is 28.7 Å². The Morgan fingerprint density at radius 3 is 2.51 bits per heavy atom.